The molecule has 36 heavy (non-hydrogen) atoms. The maximum absolute atomic E-state index is 14.8. The Labute approximate surface area is 213 Å². The van der Waals surface area contributed by atoms with E-state index in [1.807, 2.05) is 36.4 Å². The van der Waals surface area contributed by atoms with Crippen molar-refractivity contribution in [3.05, 3.63) is 71.3 Å². The Bertz CT molecular complexity index is 1000. The Kier molecular flexibility index (Phi) is 10.2. The molecule has 0 saturated heterocycles. The summed E-state index contributed by atoms with van der Waals surface area (Å²) in [5.41, 5.74) is 0.0764. The molecule has 0 radical (unpaired) electrons. The molecule has 7 heteroatoms. The minimum atomic E-state index is -3.13. The smallest absolute Gasteiger partial charge is 0.316 e. The number of rotatable bonds is 12. The average molecular weight is 505 g/mol. The molecule has 0 saturated carbocycles. The molecule has 0 aliphatic carbocycles. The fourth-order valence-corrected chi connectivity index (χ4v) is 3.83. The first kappa shape index (κ1) is 29.4. The normalized spacial score (nSPS) is 14.6. The van der Waals surface area contributed by atoms with Gasteiger partial charge in [-0.1, -0.05) is 61.5 Å². The van der Waals surface area contributed by atoms with Gasteiger partial charge in [0.2, 0.25) is 0 Å². The number of esters is 2. The van der Waals surface area contributed by atoms with Crippen molar-refractivity contribution in [3.8, 4) is 0 Å². The molecule has 2 rings (SSSR count). The number of benzene rings is 2. The van der Waals surface area contributed by atoms with Crippen LogP contribution in [0.15, 0.2) is 54.6 Å². The Morgan fingerprint density at radius 3 is 2.17 bits per heavy atom. The quantitative estimate of drug-likeness (QED) is 0.319. The van der Waals surface area contributed by atoms with Crippen LogP contribution in [0.2, 0.25) is 0 Å². The number of carbonyl (C=O) groups excluding carboxylic acids is 2. The summed E-state index contributed by atoms with van der Waals surface area (Å²) in [6, 6.07) is 16.2. The van der Waals surface area contributed by atoms with E-state index in [0.29, 0.717) is 12.0 Å². The zero-order chi connectivity index (χ0) is 27.0. The van der Waals surface area contributed by atoms with E-state index < -0.39 is 35.9 Å². The van der Waals surface area contributed by atoms with Crippen molar-refractivity contribution >= 4 is 11.9 Å². The first-order chi connectivity index (χ1) is 16.8. The molecular formula is C29H38F2O5. The molecular weight excluding hydrogens is 466 g/mol. The van der Waals surface area contributed by atoms with Gasteiger partial charge in [-0.3, -0.25) is 9.59 Å². The summed E-state index contributed by atoms with van der Waals surface area (Å²) >= 11 is 0. The summed E-state index contributed by atoms with van der Waals surface area (Å²) in [4.78, 5) is 25.2. The molecule has 0 amide bonds. The second-order valence-corrected chi connectivity index (χ2v) is 10.5. The van der Waals surface area contributed by atoms with Gasteiger partial charge >= 0.3 is 11.9 Å². The van der Waals surface area contributed by atoms with Gasteiger partial charge in [-0.15, -0.1) is 0 Å². The number of ether oxygens (including phenoxy) is 3. The van der Waals surface area contributed by atoms with Gasteiger partial charge in [0, 0.05) is 6.42 Å². The predicted molar refractivity (Wildman–Crippen MR) is 135 cm³/mol. The molecule has 0 bridgehead atoms. The van der Waals surface area contributed by atoms with Gasteiger partial charge < -0.3 is 14.2 Å². The SMILES string of the molecule is COC(=O)[C@H](C)Cc1cccc(C(C)(CCC(F)(F)COCc2ccccc2)C(=O)OC(C)(C)C)c1. The maximum atomic E-state index is 14.8. The van der Waals surface area contributed by atoms with Crippen LogP contribution in [-0.4, -0.2) is 37.2 Å². The van der Waals surface area contributed by atoms with Gasteiger partial charge in [-0.2, -0.15) is 0 Å². The summed E-state index contributed by atoms with van der Waals surface area (Å²) in [6.07, 6.45) is -0.297. The summed E-state index contributed by atoms with van der Waals surface area (Å²) in [5, 5.41) is 0. The molecule has 0 fully saturated rings. The van der Waals surface area contributed by atoms with Crippen LogP contribution in [0.4, 0.5) is 8.78 Å². The molecule has 0 aliphatic heterocycles. The highest BCUT2D eigenvalue weighted by atomic mass is 19.3. The van der Waals surface area contributed by atoms with Crippen molar-refractivity contribution in [3.63, 3.8) is 0 Å². The Morgan fingerprint density at radius 2 is 1.56 bits per heavy atom. The zero-order valence-corrected chi connectivity index (χ0v) is 22.1. The molecule has 5 nitrogen and oxygen atoms in total. The lowest BCUT2D eigenvalue weighted by molar-refractivity contribution is -0.163. The molecule has 2 aromatic carbocycles. The average Bonchev–Trinajstić information content (AvgIpc) is 2.81. The lowest BCUT2D eigenvalue weighted by atomic mass is 9.76. The molecule has 0 N–H and O–H groups in total. The molecule has 0 spiro atoms. The molecule has 0 aliphatic rings. The lowest BCUT2D eigenvalue weighted by Gasteiger charge is -2.33. The topological polar surface area (TPSA) is 61.8 Å². The fraction of sp³-hybridized carbons (Fsp3) is 0.517. The second-order valence-electron chi connectivity index (χ2n) is 10.5. The highest BCUT2D eigenvalue weighted by Crippen LogP contribution is 2.36. The van der Waals surface area contributed by atoms with Crippen LogP contribution in [0.1, 0.15) is 64.2 Å². The minimum Gasteiger partial charge on any atom is -0.469 e. The van der Waals surface area contributed by atoms with Crippen LogP contribution in [0.3, 0.4) is 0 Å². The highest BCUT2D eigenvalue weighted by molar-refractivity contribution is 5.83. The fourth-order valence-electron chi connectivity index (χ4n) is 3.83. The van der Waals surface area contributed by atoms with Crippen molar-refractivity contribution in [2.75, 3.05) is 13.7 Å². The monoisotopic (exact) mass is 504 g/mol. The zero-order valence-electron chi connectivity index (χ0n) is 22.1. The molecule has 2 aromatic rings. The molecule has 0 aromatic heterocycles. The number of hydrogen-bond acceptors (Lipinski definition) is 5. The van der Waals surface area contributed by atoms with Crippen LogP contribution < -0.4 is 0 Å². The Morgan fingerprint density at radius 1 is 0.917 bits per heavy atom. The van der Waals surface area contributed by atoms with Crippen molar-refractivity contribution in [1.82, 2.24) is 0 Å². The lowest BCUT2D eigenvalue weighted by Crippen LogP contribution is -2.40. The molecule has 1 unspecified atom stereocenters. The third kappa shape index (κ3) is 9.01. The standard InChI is InChI=1S/C29H38F2O5/c1-21(25(32)34-6)17-23-13-10-14-24(18-23)28(5,26(33)36-27(2,3)4)15-16-29(30,31)20-35-19-22-11-8-7-9-12-22/h7-14,18,21H,15-17,19-20H2,1-6H3/t21-,28?/m1/s1. The maximum Gasteiger partial charge on any atom is 0.316 e. The van der Waals surface area contributed by atoms with Gasteiger partial charge in [0.25, 0.3) is 5.92 Å². The largest absolute Gasteiger partial charge is 0.469 e. The molecule has 198 valence electrons. The predicted octanol–water partition coefficient (Wildman–Crippen LogP) is 6.27. The second kappa shape index (κ2) is 12.4. The van der Waals surface area contributed by atoms with Crippen LogP contribution in [0.25, 0.3) is 0 Å². The third-order valence-corrected chi connectivity index (χ3v) is 5.97. The summed E-state index contributed by atoms with van der Waals surface area (Å²) in [5.74, 6) is -4.43. The van der Waals surface area contributed by atoms with Crippen LogP contribution in [0.5, 0.6) is 0 Å². The van der Waals surface area contributed by atoms with Crippen LogP contribution in [0, 0.1) is 5.92 Å². The first-order valence-electron chi connectivity index (χ1n) is 12.2. The number of halogens is 2. The van der Waals surface area contributed by atoms with Crippen molar-refractivity contribution < 1.29 is 32.6 Å². The van der Waals surface area contributed by atoms with E-state index in [4.69, 9.17) is 14.2 Å². The minimum absolute atomic E-state index is 0.0835. The van der Waals surface area contributed by atoms with E-state index in [1.165, 1.54) is 7.11 Å². The summed E-state index contributed by atoms with van der Waals surface area (Å²) in [7, 11) is 1.33. The van der Waals surface area contributed by atoms with Gasteiger partial charge in [0.05, 0.1) is 25.0 Å². The number of hydrogen-bond donors (Lipinski definition) is 0. The number of carbonyl (C=O) groups is 2. The van der Waals surface area contributed by atoms with E-state index in [1.54, 1.807) is 52.8 Å². The number of alkyl halides is 2. The summed E-state index contributed by atoms with van der Waals surface area (Å²) in [6.45, 7) is 7.94. The van der Waals surface area contributed by atoms with E-state index in [9.17, 15) is 18.4 Å². The molecule has 2 atom stereocenters. The van der Waals surface area contributed by atoms with E-state index in [2.05, 4.69) is 0 Å². The Hall–Kier alpha value is -2.80. The molecule has 0 heterocycles. The van der Waals surface area contributed by atoms with Gasteiger partial charge in [-0.05, 0) is 57.2 Å². The highest BCUT2D eigenvalue weighted by Gasteiger charge is 2.42. The Balaban J connectivity index is 2.21. The van der Waals surface area contributed by atoms with E-state index in [0.717, 1.165) is 11.1 Å². The van der Waals surface area contributed by atoms with Crippen molar-refractivity contribution in [2.24, 2.45) is 5.92 Å². The van der Waals surface area contributed by atoms with Crippen LogP contribution in [-0.2, 0) is 42.2 Å². The van der Waals surface area contributed by atoms with E-state index >= 15 is 0 Å². The number of methoxy groups -OCH3 is 1. The first-order valence-corrected chi connectivity index (χ1v) is 12.2. The van der Waals surface area contributed by atoms with Gasteiger partial charge in [-0.25, -0.2) is 8.78 Å². The van der Waals surface area contributed by atoms with Crippen molar-refractivity contribution in [1.29, 1.82) is 0 Å². The van der Waals surface area contributed by atoms with E-state index in [-0.39, 0.29) is 24.9 Å². The van der Waals surface area contributed by atoms with Gasteiger partial charge in [0.15, 0.2) is 0 Å². The van der Waals surface area contributed by atoms with Crippen LogP contribution >= 0.6 is 0 Å². The van der Waals surface area contributed by atoms with Gasteiger partial charge in [0.1, 0.15) is 12.2 Å². The third-order valence-electron chi connectivity index (χ3n) is 5.97. The summed E-state index contributed by atoms with van der Waals surface area (Å²) < 4.78 is 45.4. The van der Waals surface area contributed by atoms with Crippen molar-refractivity contribution in [2.45, 2.75) is 77.4 Å².